The molecule has 0 fully saturated rings. The number of furan rings is 1. The zero-order valence-corrected chi connectivity index (χ0v) is 17.1. The third-order valence-corrected chi connectivity index (χ3v) is 5.18. The average molecular weight is 462 g/mol. The van der Waals surface area contributed by atoms with Gasteiger partial charge in [-0.2, -0.15) is 0 Å². The lowest BCUT2D eigenvalue weighted by Gasteiger charge is -2.09. The predicted molar refractivity (Wildman–Crippen MR) is 111 cm³/mol. The number of anilines is 2. The highest BCUT2D eigenvalue weighted by Crippen LogP contribution is 2.23. The molecule has 0 aliphatic rings. The number of thiophene rings is 1. The predicted octanol–water partition coefficient (Wildman–Crippen LogP) is 4.03. The minimum absolute atomic E-state index is 0.166. The molecule has 28 heavy (non-hydrogen) atoms. The van der Waals surface area contributed by atoms with Gasteiger partial charge in [0, 0.05) is 10.2 Å². The van der Waals surface area contributed by atoms with Gasteiger partial charge in [-0.1, -0.05) is 15.9 Å². The van der Waals surface area contributed by atoms with E-state index >= 15 is 0 Å². The number of benzene rings is 1. The fraction of sp³-hybridized carbons (Fsp3) is 0.105. The Labute approximate surface area is 173 Å². The quantitative estimate of drug-likeness (QED) is 0.515. The van der Waals surface area contributed by atoms with Gasteiger partial charge in [-0.25, -0.2) is 0 Å². The van der Waals surface area contributed by atoms with Crippen molar-refractivity contribution in [1.29, 1.82) is 0 Å². The Morgan fingerprint density at radius 3 is 2.61 bits per heavy atom. The van der Waals surface area contributed by atoms with Crippen LogP contribution in [0.2, 0.25) is 0 Å². The number of rotatable bonds is 6. The van der Waals surface area contributed by atoms with Crippen LogP contribution in [0, 0.1) is 6.92 Å². The first kappa shape index (κ1) is 19.8. The number of carbonyl (C=O) groups excluding carboxylic acids is 3. The molecule has 3 amide bonds. The maximum absolute atomic E-state index is 12.2. The van der Waals surface area contributed by atoms with E-state index in [-0.39, 0.29) is 18.2 Å². The van der Waals surface area contributed by atoms with Crippen molar-refractivity contribution in [1.82, 2.24) is 5.32 Å². The summed E-state index contributed by atoms with van der Waals surface area (Å²) in [6.45, 7) is 1.71. The molecular weight excluding hydrogens is 446 g/mol. The van der Waals surface area contributed by atoms with E-state index in [0.29, 0.717) is 15.6 Å². The normalized spacial score (nSPS) is 10.4. The first-order chi connectivity index (χ1) is 13.4. The lowest BCUT2D eigenvalue weighted by atomic mass is 10.2. The van der Waals surface area contributed by atoms with Gasteiger partial charge >= 0.3 is 0 Å². The summed E-state index contributed by atoms with van der Waals surface area (Å²) in [4.78, 5) is 36.6. The number of hydrogen-bond acceptors (Lipinski definition) is 5. The summed E-state index contributed by atoms with van der Waals surface area (Å²) in [5.41, 5.74) is 1.59. The zero-order chi connectivity index (χ0) is 20.1. The SMILES string of the molecule is Cc1cc(Br)ccc1NC(=O)CNC(=O)c1ccc(NC(=O)c2ccco2)s1. The van der Waals surface area contributed by atoms with E-state index in [2.05, 4.69) is 31.9 Å². The Hall–Kier alpha value is -2.91. The molecule has 144 valence electrons. The number of halogens is 1. The topological polar surface area (TPSA) is 100 Å². The largest absolute Gasteiger partial charge is 0.459 e. The van der Waals surface area contributed by atoms with Crippen LogP contribution in [0.15, 0.2) is 57.6 Å². The van der Waals surface area contributed by atoms with Crippen molar-refractivity contribution < 1.29 is 18.8 Å². The van der Waals surface area contributed by atoms with Gasteiger partial charge in [-0.3, -0.25) is 14.4 Å². The van der Waals surface area contributed by atoms with Crippen molar-refractivity contribution in [3.05, 3.63) is 69.4 Å². The standard InChI is InChI=1S/C19H16BrN3O4S/c1-11-9-12(20)4-5-13(11)22-16(24)10-21-19(26)15-6-7-17(28-15)23-18(25)14-3-2-8-27-14/h2-9H,10H2,1H3,(H,21,26)(H,22,24)(H,23,25). The molecule has 0 aliphatic heterocycles. The molecule has 0 atom stereocenters. The average Bonchev–Trinajstić information content (AvgIpc) is 3.34. The van der Waals surface area contributed by atoms with Gasteiger partial charge in [0.15, 0.2) is 5.76 Å². The molecule has 1 aromatic carbocycles. The van der Waals surface area contributed by atoms with Crippen molar-refractivity contribution in [3.8, 4) is 0 Å². The Balaban J connectivity index is 1.51. The van der Waals surface area contributed by atoms with Crippen molar-refractivity contribution in [2.75, 3.05) is 17.2 Å². The van der Waals surface area contributed by atoms with E-state index in [1.165, 1.54) is 6.26 Å². The highest BCUT2D eigenvalue weighted by Gasteiger charge is 2.14. The number of hydrogen-bond donors (Lipinski definition) is 3. The van der Waals surface area contributed by atoms with E-state index in [4.69, 9.17) is 4.42 Å². The van der Waals surface area contributed by atoms with E-state index in [9.17, 15) is 14.4 Å². The molecule has 0 saturated carbocycles. The summed E-state index contributed by atoms with van der Waals surface area (Å²) in [7, 11) is 0. The molecule has 2 aromatic heterocycles. The monoisotopic (exact) mass is 461 g/mol. The Morgan fingerprint density at radius 1 is 1.07 bits per heavy atom. The summed E-state index contributed by atoms with van der Waals surface area (Å²) in [6.07, 6.45) is 1.41. The second-order valence-electron chi connectivity index (χ2n) is 5.79. The van der Waals surface area contributed by atoms with Crippen molar-refractivity contribution in [2.45, 2.75) is 6.92 Å². The second-order valence-corrected chi connectivity index (χ2v) is 7.78. The summed E-state index contributed by atoms with van der Waals surface area (Å²) >= 11 is 4.47. The number of aryl methyl sites for hydroxylation is 1. The van der Waals surface area contributed by atoms with Crippen LogP contribution in [0.3, 0.4) is 0 Å². The lowest BCUT2D eigenvalue weighted by Crippen LogP contribution is -2.32. The molecule has 3 rings (SSSR count). The maximum atomic E-state index is 12.2. The molecule has 0 saturated heterocycles. The lowest BCUT2D eigenvalue weighted by molar-refractivity contribution is -0.115. The van der Waals surface area contributed by atoms with E-state index in [1.807, 2.05) is 19.1 Å². The Morgan fingerprint density at radius 2 is 1.89 bits per heavy atom. The molecule has 2 heterocycles. The summed E-state index contributed by atoms with van der Waals surface area (Å²) in [5, 5.41) is 8.47. The molecule has 0 bridgehead atoms. The number of amides is 3. The van der Waals surface area contributed by atoms with Crippen LogP contribution in [0.4, 0.5) is 10.7 Å². The number of carbonyl (C=O) groups is 3. The first-order valence-corrected chi connectivity index (χ1v) is 9.82. The molecule has 3 N–H and O–H groups in total. The van der Waals surface area contributed by atoms with E-state index in [1.54, 1.807) is 30.3 Å². The highest BCUT2D eigenvalue weighted by molar-refractivity contribution is 9.10. The smallest absolute Gasteiger partial charge is 0.291 e. The molecule has 7 nitrogen and oxygen atoms in total. The van der Waals surface area contributed by atoms with E-state index < -0.39 is 11.8 Å². The molecule has 3 aromatic rings. The highest BCUT2D eigenvalue weighted by atomic mass is 79.9. The molecule has 0 radical (unpaired) electrons. The molecule has 0 unspecified atom stereocenters. The molecule has 0 aliphatic carbocycles. The van der Waals surface area contributed by atoms with Gasteiger partial charge in [-0.05, 0) is 55.0 Å². The fourth-order valence-electron chi connectivity index (χ4n) is 2.32. The molecule has 0 spiro atoms. The summed E-state index contributed by atoms with van der Waals surface area (Å²) in [6, 6.07) is 11.8. The fourth-order valence-corrected chi connectivity index (χ4v) is 3.61. The zero-order valence-electron chi connectivity index (χ0n) is 14.7. The van der Waals surface area contributed by atoms with Crippen molar-refractivity contribution in [2.24, 2.45) is 0 Å². The second kappa shape index (κ2) is 8.85. The van der Waals surface area contributed by atoms with Crippen molar-refractivity contribution >= 4 is 55.7 Å². The van der Waals surface area contributed by atoms with Gasteiger partial charge in [0.2, 0.25) is 5.91 Å². The minimum atomic E-state index is -0.400. The molecule has 9 heteroatoms. The van der Waals surface area contributed by atoms with Crippen LogP contribution in [-0.4, -0.2) is 24.3 Å². The van der Waals surface area contributed by atoms with Gasteiger partial charge in [0.05, 0.1) is 22.7 Å². The van der Waals surface area contributed by atoms with Crippen LogP contribution < -0.4 is 16.0 Å². The first-order valence-electron chi connectivity index (χ1n) is 8.21. The third kappa shape index (κ3) is 5.08. The summed E-state index contributed by atoms with van der Waals surface area (Å²) < 4.78 is 5.94. The number of nitrogens with one attached hydrogen (secondary N) is 3. The van der Waals surface area contributed by atoms with Crippen LogP contribution in [0.1, 0.15) is 25.8 Å². The van der Waals surface area contributed by atoms with Crippen LogP contribution >= 0.6 is 27.3 Å². The van der Waals surface area contributed by atoms with Crippen LogP contribution in [0.5, 0.6) is 0 Å². The Kier molecular flexibility index (Phi) is 6.27. The minimum Gasteiger partial charge on any atom is -0.459 e. The Bertz CT molecular complexity index is 1010. The van der Waals surface area contributed by atoms with Crippen molar-refractivity contribution in [3.63, 3.8) is 0 Å². The van der Waals surface area contributed by atoms with Gasteiger partial charge in [-0.15, -0.1) is 11.3 Å². The van der Waals surface area contributed by atoms with Crippen LogP contribution in [-0.2, 0) is 4.79 Å². The van der Waals surface area contributed by atoms with Gasteiger partial charge in [0.25, 0.3) is 11.8 Å². The van der Waals surface area contributed by atoms with Crippen LogP contribution in [0.25, 0.3) is 0 Å². The van der Waals surface area contributed by atoms with Gasteiger partial charge < -0.3 is 20.4 Å². The summed E-state index contributed by atoms with van der Waals surface area (Å²) in [5.74, 6) is -0.949. The third-order valence-electron chi connectivity index (χ3n) is 3.68. The van der Waals surface area contributed by atoms with Gasteiger partial charge in [0.1, 0.15) is 0 Å². The van der Waals surface area contributed by atoms with E-state index in [0.717, 1.165) is 21.4 Å². The maximum Gasteiger partial charge on any atom is 0.291 e. The molecular formula is C19H16BrN3O4S.